The van der Waals surface area contributed by atoms with E-state index in [0.29, 0.717) is 6.42 Å². The molecule has 1 aliphatic heterocycles. The molecule has 0 aromatic carbocycles. The van der Waals surface area contributed by atoms with Crippen LogP contribution in [0.2, 0.25) is 0 Å². The molecule has 12 heavy (non-hydrogen) atoms. The third-order valence-corrected chi connectivity index (χ3v) is 2.77. The maximum atomic E-state index is 11.6. The van der Waals surface area contributed by atoms with Crippen LogP contribution in [0.1, 0.15) is 26.7 Å². The summed E-state index contributed by atoms with van der Waals surface area (Å²) in [5.74, 6) is 0. The number of hydrogen-bond donors (Lipinski definition) is 2. The van der Waals surface area contributed by atoms with Crippen molar-refractivity contribution in [3.8, 4) is 0 Å². The molecule has 0 saturated carbocycles. The van der Waals surface area contributed by atoms with Crippen LogP contribution in [-0.4, -0.2) is 39.6 Å². The Balaban J connectivity index is 2.83. The van der Waals surface area contributed by atoms with Crippen molar-refractivity contribution in [1.29, 1.82) is 0 Å². The Bertz CT molecular complexity index is 166. The fourth-order valence-corrected chi connectivity index (χ4v) is 1.72. The first-order chi connectivity index (χ1) is 5.48. The summed E-state index contributed by atoms with van der Waals surface area (Å²) in [5, 5.41) is 30.5. The first-order valence-corrected chi connectivity index (χ1v) is 4.18. The largest absolute Gasteiger partial charge is 0.394 e. The zero-order valence-electron chi connectivity index (χ0n) is 7.58. The van der Waals surface area contributed by atoms with Gasteiger partial charge in [0.1, 0.15) is 0 Å². The standard InChI is InChI=1S/C8H16NO3/c1-7(2)3-4-8(5-10,6-11)9(7)12/h10-11H,3-6H2,1-2H3. The lowest BCUT2D eigenvalue weighted by Gasteiger charge is -2.34. The number of hydroxylamine groups is 2. The summed E-state index contributed by atoms with van der Waals surface area (Å²) in [6.07, 6.45) is 1.29. The average Bonchev–Trinajstić information content (AvgIpc) is 2.27. The maximum Gasteiger partial charge on any atom is 0.0959 e. The van der Waals surface area contributed by atoms with E-state index < -0.39 is 11.1 Å². The lowest BCUT2D eigenvalue weighted by atomic mass is 9.99. The Kier molecular flexibility index (Phi) is 2.45. The summed E-state index contributed by atoms with van der Waals surface area (Å²) < 4.78 is 0. The smallest absolute Gasteiger partial charge is 0.0959 e. The van der Waals surface area contributed by atoms with Crippen molar-refractivity contribution < 1.29 is 15.4 Å². The second-order valence-electron chi connectivity index (χ2n) is 4.15. The SMILES string of the molecule is CC1(C)CCC(CO)(CO)N1[O]. The van der Waals surface area contributed by atoms with E-state index in [0.717, 1.165) is 11.5 Å². The van der Waals surface area contributed by atoms with E-state index in [2.05, 4.69) is 0 Å². The van der Waals surface area contributed by atoms with E-state index in [1.807, 2.05) is 13.8 Å². The molecule has 0 atom stereocenters. The summed E-state index contributed by atoms with van der Waals surface area (Å²) >= 11 is 0. The van der Waals surface area contributed by atoms with E-state index in [1.54, 1.807) is 0 Å². The second kappa shape index (κ2) is 2.96. The summed E-state index contributed by atoms with van der Waals surface area (Å²) in [7, 11) is 0. The van der Waals surface area contributed by atoms with Gasteiger partial charge in [0, 0.05) is 5.54 Å². The highest BCUT2D eigenvalue weighted by molar-refractivity contribution is 5.00. The fraction of sp³-hybridized carbons (Fsp3) is 1.00. The quantitative estimate of drug-likeness (QED) is 0.616. The van der Waals surface area contributed by atoms with E-state index in [1.165, 1.54) is 0 Å². The first-order valence-electron chi connectivity index (χ1n) is 4.18. The molecular formula is C8H16NO3. The van der Waals surface area contributed by atoms with Gasteiger partial charge >= 0.3 is 0 Å². The van der Waals surface area contributed by atoms with Gasteiger partial charge in [0.2, 0.25) is 0 Å². The molecule has 2 N–H and O–H groups in total. The predicted octanol–water partition coefficient (Wildman–Crippen LogP) is -0.0703. The van der Waals surface area contributed by atoms with Gasteiger partial charge in [-0.15, -0.1) is 10.3 Å². The molecule has 1 rings (SSSR count). The Morgan fingerprint density at radius 2 is 1.75 bits per heavy atom. The first kappa shape index (κ1) is 9.92. The molecule has 0 aliphatic carbocycles. The van der Waals surface area contributed by atoms with Gasteiger partial charge in [0.15, 0.2) is 0 Å². The minimum absolute atomic E-state index is 0.267. The molecule has 1 radical (unpaired) electrons. The Morgan fingerprint density at radius 3 is 1.92 bits per heavy atom. The highest BCUT2D eigenvalue weighted by Crippen LogP contribution is 2.38. The summed E-state index contributed by atoms with van der Waals surface area (Å²) in [6, 6.07) is 0. The van der Waals surface area contributed by atoms with Crippen molar-refractivity contribution >= 4 is 0 Å². The molecule has 1 heterocycles. The third-order valence-electron chi connectivity index (χ3n) is 2.77. The molecule has 71 valence electrons. The normalized spacial score (nSPS) is 27.8. The van der Waals surface area contributed by atoms with Gasteiger partial charge in [-0.3, -0.25) is 0 Å². The number of nitrogens with zero attached hydrogens (tertiary/aromatic N) is 1. The molecule has 0 bridgehead atoms. The van der Waals surface area contributed by atoms with Crippen LogP contribution in [0.4, 0.5) is 0 Å². The minimum Gasteiger partial charge on any atom is -0.394 e. The number of rotatable bonds is 2. The van der Waals surface area contributed by atoms with Gasteiger partial charge in [-0.25, -0.2) is 0 Å². The van der Waals surface area contributed by atoms with E-state index >= 15 is 0 Å². The third kappa shape index (κ3) is 1.25. The zero-order valence-corrected chi connectivity index (χ0v) is 7.58. The molecule has 0 amide bonds. The van der Waals surface area contributed by atoms with Crippen LogP contribution in [-0.2, 0) is 5.21 Å². The van der Waals surface area contributed by atoms with E-state index in [-0.39, 0.29) is 13.2 Å². The maximum absolute atomic E-state index is 11.6. The summed E-state index contributed by atoms with van der Waals surface area (Å²) in [5.41, 5.74) is -1.39. The Labute approximate surface area is 72.4 Å². The molecule has 0 spiro atoms. The molecular weight excluding hydrogens is 158 g/mol. The second-order valence-corrected chi connectivity index (χ2v) is 4.15. The van der Waals surface area contributed by atoms with Gasteiger partial charge in [0.05, 0.1) is 18.8 Å². The number of aliphatic hydroxyl groups excluding tert-OH is 2. The van der Waals surface area contributed by atoms with Crippen molar-refractivity contribution in [1.82, 2.24) is 5.06 Å². The van der Waals surface area contributed by atoms with Gasteiger partial charge in [-0.2, -0.15) is 0 Å². The Morgan fingerprint density at radius 1 is 1.25 bits per heavy atom. The van der Waals surface area contributed by atoms with Crippen LogP contribution < -0.4 is 0 Å². The molecule has 4 heteroatoms. The average molecular weight is 174 g/mol. The fourth-order valence-electron chi connectivity index (χ4n) is 1.72. The van der Waals surface area contributed by atoms with Crippen LogP contribution in [0.5, 0.6) is 0 Å². The van der Waals surface area contributed by atoms with Gasteiger partial charge in [-0.1, -0.05) is 0 Å². The van der Waals surface area contributed by atoms with E-state index in [9.17, 15) is 5.21 Å². The lowest BCUT2D eigenvalue weighted by molar-refractivity contribution is -0.267. The summed E-state index contributed by atoms with van der Waals surface area (Å²) in [6.45, 7) is 3.12. The van der Waals surface area contributed by atoms with Gasteiger partial charge in [-0.05, 0) is 26.7 Å². The van der Waals surface area contributed by atoms with Crippen molar-refractivity contribution in [2.24, 2.45) is 0 Å². The molecule has 1 aliphatic rings. The number of hydrogen-bond acceptors (Lipinski definition) is 3. The topological polar surface area (TPSA) is 63.6 Å². The molecule has 0 aromatic rings. The van der Waals surface area contributed by atoms with Crippen molar-refractivity contribution in [2.75, 3.05) is 13.2 Å². The highest BCUT2D eigenvalue weighted by atomic mass is 16.5. The molecule has 1 saturated heterocycles. The van der Waals surface area contributed by atoms with Crippen LogP contribution in [0.15, 0.2) is 0 Å². The van der Waals surface area contributed by atoms with Gasteiger partial charge in [0.25, 0.3) is 0 Å². The highest BCUT2D eigenvalue weighted by Gasteiger charge is 2.50. The van der Waals surface area contributed by atoms with Crippen LogP contribution >= 0.6 is 0 Å². The van der Waals surface area contributed by atoms with Crippen molar-refractivity contribution in [3.63, 3.8) is 0 Å². The monoisotopic (exact) mass is 174 g/mol. The molecule has 0 aromatic heterocycles. The van der Waals surface area contributed by atoms with Crippen LogP contribution in [0, 0.1) is 0 Å². The van der Waals surface area contributed by atoms with Crippen molar-refractivity contribution in [2.45, 2.75) is 37.8 Å². The van der Waals surface area contributed by atoms with E-state index in [4.69, 9.17) is 10.2 Å². The minimum atomic E-state index is -0.941. The summed E-state index contributed by atoms with van der Waals surface area (Å²) in [4.78, 5) is 0. The van der Waals surface area contributed by atoms with Gasteiger partial charge < -0.3 is 10.2 Å². The van der Waals surface area contributed by atoms with Crippen LogP contribution in [0.25, 0.3) is 0 Å². The van der Waals surface area contributed by atoms with Crippen LogP contribution in [0.3, 0.4) is 0 Å². The Hall–Kier alpha value is -0.160. The lowest BCUT2D eigenvalue weighted by Crippen LogP contribution is -2.53. The molecule has 0 unspecified atom stereocenters. The number of aliphatic hydroxyl groups is 2. The predicted molar refractivity (Wildman–Crippen MR) is 42.7 cm³/mol. The van der Waals surface area contributed by atoms with Crippen molar-refractivity contribution in [3.05, 3.63) is 0 Å². The molecule has 1 fully saturated rings. The zero-order chi connectivity index (χ0) is 9.41. The molecule has 4 nitrogen and oxygen atoms in total.